The summed E-state index contributed by atoms with van der Waals surface area (Å²) in [5.41, 5.74) is 9.77. The Morgan fingerprint density at radius 1 is 0.272 bits per heavy atom. The van der Waals surface area contributed by atoms with Crippen molar-refractivity contribution in [3.8, 4) is 82.2 Å². The Kier molecular flexibility index (Phi) is 29.3. The first kappa shape index (κ1) is 76.0. The smallest absolute Gasteiger partial charge is 0.261 e. The van der Waals surface area contributed by atoms with Gasteiger partial charge < -0.3 is 9.80 Å². The number of fused-ring (bicyclic) bond motifs is 1. The average molecular weight is 1480 g/mol. The zero-order chi connectivity index (χ0) is 71.0. The lowest BCUT2D eigenvalue weighted by Crippen LogP contribution is -2.35. The highest BCUT2D eigenvalue weighted by atomic mass is 32.1. The van der Waals surface area contributed by atoms with Crippen molar-refractivity contribution in [2.24, 2.45) is 11.8 Å². The molecule has 0 aliphatic carbocycles. The summed E-state index contributed by atoms with van der Waals surface area (Å²) < 4.78 is 0. The number of unbranched alkanes of at least 4 members (excludes halogenated alkanes) is 23. The normalized spacial score (nSPS) is 13.8. The second-order valence-corrected chi connectivity index (χ2v) is 35.3. The van der Waals surface area contributed by atoms with Crippen LogP contribution in [0.15, 0.2) is 181 Å². The van der Waals surface area contributed by atoms with E-state index in [4.69, 9.17) is 9.97 Å². The fourth-order valence-corrected chi connectivity index (χ4v) is 21.5. The van der Waals surface area contributed by atoms with Crippen LogP contribution in [0.3, 0.4) is 0 Å². The van der Waals surface area contributed by atoms with Gasteiger partial charge in [0.25, 0.3) is 11.8 Å². The first-order chi connectivity index (χ1) is 50.8. The fourth-order valence-electron chi connectivity index (χ4n) is 15.2. The highest BCUT2D eigenvalue weighted by Crippen LogP contribution is 2.52. The molecule has 4 aromatic carbocycles. The van der Waals surface area contributed by atoms with Crippen molar-refractivity contribution in [3.63, 3.8) is 0 Å². The molecule has 6 aromatic heterocycles. The summed E-state index contributed by atoms with van der Waals surface area (Å²) in [6, 6.07) is 57.0. The third-order valence-electron chi connectivity index (χ3n) is 21.0. The van der Waals surface area contributed by atoms with Crippen molar-refractivity contribution in [2.75, 3.05) is 13.1 Å². The quantitative estimate of drug-likeness (QED) is 0.0357. The number of hydrogen-bond donors (Lipinski definition) is 0. The molecular formula is C91H108N4O2S6. The summed E-state index contributed by atoms with van der Waals surface area (Å²) in [7, 11) is 0. The van der Waals surface area contributed by atoms with E-state index < -0.39 is 0 Å². The van der Waals surface area contributed by atoms with Crippen LogP contribution < -0.4 is 0 Å². The standard InChI is InChI=1S/C91H108N4O2S6/c1-5-9-12-15-18-21-22-25-28-33-41-67(40-32-27-24-20-17-14-11-7-3)65-95-87(89-93-63-83(103-89)81-61-59-79(101-81)77-57-55-75(99-77)73-52-48-71(49-53-73)69-44-36-30-37-45-69)85-84(91(95)97)86(94(90(85)96)64-66(38-8-4)39-31-26-23-19-16-13-10-6-2)88-92-62-82(102-88)80-60-58-78(100-80)76-56-54-74(98-76)72-50-46-70(47-51-72)68-42-34-29-35-43-68/h29-30,34-37,42-63,66-67H,5-28,31-33,38-41,64-65H2,1-4H3. The largest absolute Gasteiger partial charge is 0.304 e. The summed E-state index contributed by atoms with van der Waals surface area (Å²) in [4.78, 5) is 59.2. The van der Waals surface area contributed by atoms with E-state index in [1.807, 2.05) is 40.0 Å². The summed E-state index contributed by atoms with van der Waals surface area (Å²) in [5.74, 6) is 0.441. The molecule has 6 nitrogen and oxygen atoms in total. The zero-order valence-corrected chi connectivity index (χ0v) is 66.6. The Balaban J connectivity index is 0.871. The number of carbonyl (C=O) groups is 2. The van der Waals surface area contributed by atoms with E-state index in [1.165, 1.54) is 210 Å². The van der Waals surface area contributed by atoms with Crippen LogP contribution in [-0.4, -0.2) is 44.7 Å². The van der Waals surface area contributed by atoms with Crippen LogP contribution in [-0.2, 0) is 9.59 Å². The molecule has 0 saturated carbocycles. The number of thiazole rings is 2. The SMILES string of the molecule is CCCCCCCCCCCCC(CCCCCCCCCC)CN1C(=O)C2=C(c3ncc(-c4ccc(-c5ccc(-c6ccc(-c7ccccc7)cc6)s5)s4)s3)N(CC(CCC)CCCCCCCCCC)C(=O)C2=C1c1ncc(-c2ccc(-c3ccc(-c4ccc(-c5ccccc5)cc4)s3)s2)s1. The van der Waals surface area contributed by atoms with E-state index in [0.717, 1.165) is 80.9 Å². The number of nitrogens with zero attached hydrogens (tertiary/aromatic N) is 4. The number of thiophene rings is 4. The van der Waals surface area contributed by atoms with Gasteiger partial charge in [-0.1, -0.05) is 310 Å². The van der Waals surface area contributed by atoms with Gasteiger partial charge in [0.15, 0.2) is 0 Å². The molecule has 2 unspecified atom stereocenters. The number of rotatable bonds is 45. The summed E-state index contributed by atoms with van der Waals surface area (Å²) in [5, 5.41) is 1.49. The van der Waals surface area contributed by atoms with Crippen LogP contribution in [0.25, 0.3) is 93.5 Å². The number of benzene rings is 4. The van der Waals surface area contributed by atoms with Crippen LogP contribution >= 0.6 is 68.0 Å². The molecule has 12 heteroatoms. The monoisotopic (exact) mass is 1480 g/mol. The third kappa shape index (κ3) is 20.3. The molecule has 0 bridgehead atoms. The van der Waals surface area contributed by atoms with E-state index in [-0.39, 0.29) is 17.7 Å². The van der Waals surface area contributed by atoms with Gasteiger partial charge in [-0.2, -0.15) is 0 Å². The van der Waals surface area contributed by atoms with Crippen molar-refractivity contribution in [1.29, 1.82) is 0 Å². The topological polar surface area (TPSA) is 66.4 Å². The molecule has 0 spiro atoms. The average Bonchev–Trinajstić information content (AvgIpc) is 1.55. The van der Waals surface area contributed by atoms with Gasteiger partial charge in [-0.15, -0.1) is 68.0 Å². The molecular weight excluding hydrogens is 1370 g/mol. The van der Waals surface area contributed by atoms with Crippen molar-refractivity contribution in [2.45, 2.75) is 227 Å². The van der Waals surface area contributed by atoms with Crippen molar-refractivity contribution >= 4 is 91.2 Å². The minimum absolute atomic E-state index is 0.0632. The highest BCUT2D eigenvalue weighted by Gasteiger charge is 2.51. The zero-order valence-electron chi connectivity index (χ0n) is 61.7. The molecule has 2 amide bonds. The second kappa shape index (κ2) is 39.6. The molecule has 2 aliphatic rings. The minimum atomic E-state index is -0.0704. The molecule has 103 heavy (non-hydrogen) atoms. The molecule has 0 radical (unpaired) electrons. The lowest BCUT2D eigenvalue weighted by atomic mass is 9.93. The maximum absolute atomic E-state index is 16.4. The van der Waals surface area contributed by atoms with Crippen molar-refractivity contribution < 1.29 is 9.59 Å². The van der Waals surface area contributed by atoms with E-state index >= 15 is 9.59 Å². The van der Waals surface area contributed by atoms with E-state index in [1.54, 1.807) is 45.3 Å². The Morgan fingerprint density at radius 2 is 0.544 bits per heavy atom. The van der Waals surface area contributed by atoms with Gasteiger partial charge >= 0.3 is 0 Å². The molecule has 12 rings (SSSR count). The van der Waals surface area contributed by atoms with Crippen molar-refractivity contribution in [1.82, 2.24) is 19.8 Å². The predicted molar refractivity (Wildman–Crippen MR) is 449 cm³/mol. The maximum Gasteiger partial charge on any atom is 0.261 e. The molecule has 10 aromatic rings. The number of aromatic nitrogens is 2. The Hall–Kier alpha value is -6.64. The molecule has 0 N–H and O–H groups in total. The van der Waals surface area contributed by atoms with Gasteiger partial charge in [0.05, 0.1) is 32.3 Å². The van der Waals surface area contributed by atoms with Crippen LogP contribution in [0.5, 0.6) is 0 Å². The van der Waals surface area contributed by atoms with Gasteiger partial charge in [0.2, 0.25) is 0 Å². The third-order valence-corrected chi connectivity index (χ3v) is 28.3. The van der Waals surface area contributed by atoms with Gasteiger partial charge in [-0.05, 0) is 119 Å². The first-order valence-corrected chi connectivity index (χ1v) is 44.5. The van der Waals surface area contributed by atoms with E-state index in [2.05, 4.69) is 190 Å². The minimum Gasteiger partial charge on any atom is -0.304 e. The maximum atomic E-state index is 16.4. The van der Waals surface area contributed by atoms with Gasteiger partial charge in [-0.25, -0.2) is 9.97 Å². The van der Waals surface area contributed by atoms with E-state index in [0.29, 0.717) is 41.5 Å². The molecule has 0 saturated heterocycles. The van der Waals surface area contributed by atoms with Gasteiger partial charge in [-0.3, -0.25) is 9.59 Å². The van der Waals surface area contributed by atoms with Gasteiger partial charge in [0.1, 0.15) is 10.0 Å². The lowest BCUT2D eigenvalue weighted by molar-refractivity contribution is -0.124. The Labute approximate surface area is 640 Å². The number of hydrogen-bond acceptors (Lipinski definition) is 10. The highest BCUT2D eigenvalue weighted by molar-refractivity contribution is 7.28. The van der Waals surface area contributed by atoms with Crippen LogP contribution in [0.2, 0.25) is 0 Å². The Bertz CT molecular complexity index is 4290. The molecule has 2 atom stereocenters. The van der Waals surface area contributed by atoms with Crippen LogP contribution in [0.1, 0.15) is 237 Å². The fraction of sp³-hybridized carbons (Fsp3) is 0.429. The predicted octanol–water partition coefficient (Wildman–Crippen LogP) is 29.4. The summed E-state index contributed by atoms with van der Waals surface area (Å²) in [6.07, 6.45) is 42.5. The first-order valence-electron chi connectivity index (χ1n) is 39.6. The molecule has 540 valence electrons. The van der Waals surface area contributed by atoms with E-state index in [9.17, 15) is 0 Å². The number of amides is 2. The van der Waals surface area contributed by atoms with Gasteiger partial charge in [0, 0.05) is 64.5 Å². The molecule has 8 heterocycles. The lowest BCUT2D eigenvalue weighted by Gasteiger charge is -2.29. The number of carbonyl (C=O) groups excluding carboxylic acids is 2. The Morgan fingerprint density at radius 3 is 0.874 bits per heavy atom. The molecule has 0 fully saturated rings. The summed E-state index contributed by atoms with van der Waals surface area (Å²) in [6.45, 7) is 10.3. The van der Waals surface area contributed by atoms with Crippen LogP contribution in [0, 0.1) is 11.8 Å². The summed E-state index contributed by atoms with van der Waals surface area (Å²) >= 11 is 10.5. The second-order valence-electron chi connectivity index (χ2n) is 28.9. The molecule has 2 aliphatic heterocycles. The van der Waals surface area contributed by atoms with Crippen LogP contribution in [0.4, 0.5) is 0 Å². The van der Waals surface area contributed by atoms with Crippen molar-refractivity contribution in [3.05, 3.63) is 191 Å².